The van der Waals surface area contributed by atoms with Crippen LogP contribution in [0.2, 0.25) is 0 Å². The molecule has 0 bridgehead atoms. The Bertz CT molecular complexity index is 582. The fourth-order valence-corrected chi connectivity index (χ4v) is 3.54. The summed E-state index contributed by atoms with van der Waals surface area (Å²) in [7, 11) is 1.27. The highest BCUT2D eigenvalue weighted by atomic mass is 32.2. The van der Waals surface area contributed by atoms with Crippen molar-refractivity contribution >= 4 is 50.8 Å². The number of hydrogen-bond acceptors (Lipinski definition) is 7. The van der Waals surface area contributed by atoms with Crippen molar-refractivity contribution in [3.63, 3.8) is 0 Å². The number of Topliss-reactive ketones (excluding diaryl/α,β-unsaturated/α-hetero) is 1. The quantitative estimate of drug-likeness (QED) is 0.828. The number of carbonyl (C=O) groups excluding carboxylic acids is 3. The lowest BCUT2D eigenvalue weighted by molar-refractivity contribution is -0.121. The molecule has 0 aliphatic carbocycles. The molecular formula is C12H12N2O4S2. The van der Waals surface area contributed by atoms with Crippen molar-refractivity contribution in [1.82, 2.24) is 0 Å². The molecule has 1 amide bonds. The first-order valence-electron chi connectivity index (χ1n) is 5.73. The van der Waals surface area contributed by atoms with Crippen molar-refractivity contribution in [1.29, 1.82) is 5.41 Å². The van der Waals surface area contributed by atoms with Crippen LogP contribution >= 0.6 is 23.1 Å². The summed E-state index contributed by atoms with van der Waals surface area (Å²) in [4.78, 5) is 34.9. The molecule has 1 aromatic heterocycles. The van der Waals surface area contributed by atoms with Crippen molar-refractivity contribution in [3.05, 3.63) is 17.0 Å². The van der Waals surface area contributed by atoms with Gasteiger partial charge in [0, 0.05) is 6.42 Å². The summed E-state index contributed by atoms with van der Waals surface area (Å²) in [5.41, 5.74) is 0.295. The molecule has 1 aliphatic heterocycles. The van der Waals surface area contributed by atoms with Crippen LogP contribution in [-0.4, -0.2) is 35.1 Å². The third kappa shape index (κ3) is 3.26. The number of nitrogens with one attached hydrogen (secondary N) is 2. The molecule has 1 aliphatic rings. The van der Waals surface area contributed by atoms with Gasteiger partial charge in [-0.1, -0.05) is 11.8 Å². The van der Waals surface area contributed by atoms with Gasteiger partial charge >= 0.3 is 5.97 Å². The largest absolute Gasteiger partial charge is 0.465 e. The fourth-order valence-electron chi connectivity index (χ4n) is 1.73. The zero-order chi connectivity index (χ0) is 14.7. The maximum Gasteiger partial charge on any atom is 0.340 e. The second kappa shape index (κ2) is 6.19. The van der Waals surface area contributed by atoms with Gasteiger partial charge in [0.25, 0.3) is 0 Å². The molecule has 1 atom stereocenters. The number of esters is 1. The van der Waals surface area contributed by atoms with Crippen LogP contribution in [0.5, 0.6) is 0 Å². The van der Waals surface area contributed by atoms with E-state index in [1.54, 1.807) is 11.4 Å². The van der Waals surface area contributed by atoms with Crippen LogP contribution in [0.4, 0.5) is 5.00 Å². The molecule has 0 spiro atoms. The van der Waals surface area contributed by atoms with Gasteiger partial charge in [-0.25, -0.2) is 4.79 Å². The predicted octanol–water partition coefficient (Wildman–Crippen LogP) is 1.92. The minimum absolute atomic E-state index is 0.00436. The summed E-state index contributed by atoms with van der Waals surface area (Å²) in [6, 6.07) is 1.57. The van der Waals surface area contributed by atoms with E-state index in [2.05, 4.69) is 10.1 Å². The highest BCUT2D eigenvalue weighted by Crippen LogP contribution is 2.29. The number of carbonyl (C=O) groups is 3. The molecule has 1 fully saturated rings. The van der Waals surface area contributed by atoms with Crippen LogP contribution in [0.1, 0.15) is 23.2 Å². The standard InChI is InChI=1S/C12H12N2O4S2/c1-18-12(17)6-2-3-19-11(6)14-10(16)5-8-7(15)4-9(13)20-8/h2-3,8,13H,4-5H2,1H3,(H,14,16). The molecule has 1 unspecified atom stereocenters. The van der Waals surface area contributed by atoms with Crippen LogP contribution in [0.25, 0.3) is 0 Å². The molecule has 2 N–H and O–H groups in total. The number of hydrogen-bond donors (Lipinski definition) is 2. The number of anilines is 1. The van der Waals surface area contributed by atoms with E-state index >= 15 is 0 Å². The van der Waals surface area contributed by atoms with E-state index in [9.17, 15) is 14.4 Å². The van der Waals surface area contributed by atoms with Gasteiger partial charge in [0.1, 0.15) is 5.00 Å². The first-order chi connectivity index (χ1) is 9.51. The third-order valence-electron chi connectivity index (χ3n) is 2.67. The van der Waals surface area contributed by atoms with Crippen LogP contribution in [0.15, 0.2) is 11.4 Å². The van der Waals surface area contributed by atoms with Gasteiger partial charge in [-0.2, -0.15) is 0 Å². The second-order valence-electron chi connectivity index (χ2n) is 4.08. The Kier molecular flexibility index (Phi) is 4.56. The summed E-state index contributed by atoms with van der Waals surface area (Å²) in [5.74, 6) is -0.970. The number of thioether (sulfide) groups is 1. The highest BCUT2D eigenvalue weighted by Gasteiger charge is 2.31. The maximum absolute atomic E-state index is 11.9. The first-order valence-corrected chi connectivity index (χ1v) is 7.49. The minimum atomic E-state index is -0.519. The van der Waals surface area contributed by atoms with Crippen LogP contribution in [0.3, 0.4) is 0 Å². The number of ether oxygens (including phenoxy) is 1. The van der Waals surface area contributed by atoms with E-state index < -0.39 is 11.2 Å². The lowest BCUT2D eigenvalue weighted by Crippen LogP contribution is -2.21. The van der Waals surface area contributed by atoms with Crippen molar-refractivity contribution in [2.45, 2.75) is 18.1 Å². The maximum atomic E-state index is 11.9. The molecule has 0 radical (unpaired) electrons. The van der Waals surface area contributed by atoms with Crippen molar-refractivity contribution in [2.24, 2.45) is 0 Å². The van der Waals surface area contributed by atoms with Crippen molar-refractivity contribution in [3.8, 4) is 0 Å². The molecule has 20 heavy (non-hydrogen) atoms. The van der Waals surface area contributed by atoms with E-state index in [0.717, 1.165) is 11.8 Å². The zero-order valence-electron chi connectivity index (χ0n) is 10.6. The Balaban J connectivity index is 1.99. The van der Waals surface area contributed by atoms with Crippen LogP contribution in [-0.2, 0) is 14.3 Å². The molecule has 2 rings (SSSR count). The van der Waals surface area contributed by atoms with E-state index in [1.807, 2.05) is 0 Å². The molecule has 0 aromatic carbocycles. The molecule has 0 saturated carbocycles. The van der Waals surface area contributed by atoms with Gasteiger partial charge in [0.05, 0.1) is 29.4 Å². The summed E-state index contributed by atoms with van der Waals surface area (Å²) >= 11 is 2.33. The lowest BCUT2D eigenvalue weighted by atomic mass is 10.1. The number of ketones is 1. The fraction of sp³-hybridized carbons (Fsp3) is 0.333. The average Bonchev–Trinajstić information content (AvgIpc) is 2.96. The molecule has 6 nitrogen and oxygen atoms in total. The summed E-state index contributed by atoms with van der Waals surface area (Å²) in [6.45, 7) is 0. The van der Waals surface area contributed by atoms with Gasteiger partial charge in [-0.3, -0.25) is 15.0 Å². The Morgan fingerprint density at radius 2 is 2.30 bits per heavy atom. The zero-order valence-corrected chi connectivity index (χ0v) is 12.2. The van der Waals surface area contributed by atoms with E-state index in [-0.39, 0.29) is 24.5 Å². The van der Waals surface area contributed by atoms with Gasteiger partial charge in [-0.15, -0.1) is 11.3 Å². The first kappa shape index (κ1) is 14.7. The molecule has 1 aromatic rings. The Hall–Kier alpha value is -1.67. The molecule has 106 valence electrons. The smallest absolute Gasteiger partial charge is 0.340 e. The summed E-state index contributed by atoms with van der Waals surface area (Å²) in [5, 5.41) is 11.9. The van der Waals surface area contributed by atoms with Gasteiger partial charge in [-0.05, 0) is 11.4 Å². The molecule has 8 heteroatoms. The van der Waals surface area contributed by atoms with E-state index in [4.69, 9.17) is 5.41 Å². The highest BCUT2D eigenvalue weighted by molar-refractivity contribution is 8.15. The number of amides is 1. The SMILES string of the molecule is COC(=O)c1ccsc1NC(=O)CC1SC(=N)CC1=O. The molecular weight excluding hydrogens is 300 g/mol. The Morgan fingerprint density at radius 3 is 2.90 bits per heavy atom. The summed E-state index contributed by atoms with van der Waals surface area (Å²) in [6.07, 6.45) is 0.111. The Labute approximate surface area is 123 Å². The van der Waals surface area contributed by atoms with E-state index in [1.165, 1.54) is 18.4 Å². The molecule has 2 heterocycles. The van der Waals surface area contributed by atoms with Gasteiger partial charge in [0.2, 0.25) is 5.91 Å². The number of rotatable bonds is 4. The van der Waals surface area contributed by atoms with Crippen LogP contribution in [0, 0.1) is 5.41 Å². The normalized spacial score (nSPS) is 18.1. The second-order valence-corrected chi connectivity index (χ2v) is 6.29. The third-order valence-corrected chi connectivity index (χ3v) is 4.65. The minimum Gasteiger partial charge on any atom is -0.465 e. The topological polar surface area (TPSA) is 96.3 Å². The predicted molar refractivity (Wildman–Crippen MR) is 77.6 cm³/mol. The summed E-state index contributed by atoms with van der Waals surface area (Å²) < 4.78 is 4.61. The van der Waals surface area contributed by atoms with Crippen LogP contribution < -0.4 is 5.32 Å². The van der Waals surface area contributed by atoms with Gasteiger partial charge < -0.3 is 10.1 Å². The average molecular weight is 312 g/mol. The number of thiophene rings is 1. The van der Waals surface area contributed by atoms with Gasteiger partial charge in [0.15, 0.2) is 5.78 Å². The molecule has 1 saturated heterocycles. The van der Waals surface area contributed by atoms with Crippen molar-refractivity contribution < 1.29 is 19.1 Å². The van der Waals surface area contributed by atoms with E-state index in [0.29, 0.717) is 15.6 Å². The Morgan fingerprint density at radius 1 is 1.55 bits per heavy atom. The lowest BCUT2D eigenvalue weighted by Gasteiger charge is -2.08. The van der Waals surface area contributed by atoms with Crippen molar-refractivity contribution in [2.75, 3.05) is 12.4 Å². The monoisotopic (exact) mass is 312 g/mol. The number of methoxy groups -OCH3 is 1.